The van der Waals surface area contributed by atoms with Gasteiger partial charge >= 0.3 is 0 Å². The van der Waals surface area contributed by atoms with Gasteiger partial charge in [0, 0.05) is 35.0 Å². The van der Waals surface area contributed by atoms with Crippen molar-refractivity contribution < 1.29 is 5.11 Å². The SMILES string of the molecule is OC1CCC2CN(Cc3ccc(Br)cc3Cl)CC12. The number of aliphatic hydroxyl groups is 1. The molecule has 3 unspecified atom stereocenters. The maximum atomic E-state index is 9.92. The number of benzene rings is 1. The van der Waals surface area contributed by atoms with E-state index in [4.69, 9.17) is 11.6 Å². The van der Waals surface area contributed by atoms with E-state index in [0.29, 0.717) is 11.8 Å². The van der Waals surface area contributed by atoms with E-state index in [1.165, 1.54) is 12.0 Å². The van der Waals surface area contributed by atoms with E-state index >= 15 is 0 Å². The predicted molar refractivity (Wildman–Crippen MR) is 76.6 cm³/mol. The molecule has 0 amide bonds. The number of fused-ring (bicyclic) bond motifs is 1. The molecule has 1 saturated carbocycles. The molecule has 0 radical (unpaired) electrons. The molecule has 0 aromatic heterocycles. The van der Waals surface area contributed by atoms with Gasteiger partial charge in [-0.2, -0.15) is 0 Å². The number of hydrogen-bond acceptors (Lipinski definition) is 2. The second-order valence-electron chi connectivity index (χ2n) is 5.50. The van der Waals surface area contributed by atoms with Crippen molar-refractivity contribution in [1.82, 2.24) is 4.90 Å². The van der Waals surface area contributed by atoms with Crippen molar-refractivity contribution in [3.63, 3.8) is 0 Å². The fraction of sp³-hybridized carbons (Fsp3) is 0.571. The van der Waals surface area contributed by atoms with Gasteiger partial charge in [-0.3, -0.25) is 4.90 Å². The fourth-order valence-corrected chi connectivity index (χ4v) is 4.08. The van der Waals surface area contributed by atoms with Crippen LogP contribution in [0.3, 0.4) is 0 Å². The predicted octanol–water partition coefficient (Wildman–Crippen LogP) is 3.31. The van der Waals surface area contributed by atoms with Gasteiger partial charge in [-0.1, -0.05) is 33.6 Å². The third-order valence-electron chi connectivity index (χ3n) is 4.30. The maximum absolute atomic E-state index is 9.92. The summed E-state index contributed by atoms with van der Waals surface area (Å²) >= 11 is 9.68. The zero-order valence-corrected chi connectivity index (χ0v) is 12.5. The standard InChI is InChI=1S/C14H17BrClNO/c15-11-3-1-10(13(16)5-11)7-17-6-9-2-4-14(18)12(9)8-17/h1,3,5,9,12,14,18H,2,4,6-8H2. The molecule has 1 N–H and O–H groups in total. The quantitative estimate of drug-likeness (QED) is 0.899. The molecule has 1 saturated heterocycles. The highest BCUT2D eigenvalue weighted by Crippen LogP contribution is 2.38. The first kappa shape index (κ1) is 12.9. The summed E-state index contributed by atoms with van der Waals surface area (Å²) < 4.78 is 1.02. The average molecular weight is 331 g/mol. The van der Waals surface area contributed by atoms with Gasteiger partial charge in [-0.25, -0.2) is 0 Å². The van der Waals surface area contributed by atoms with Gasteiger partial charge in [-0.15, -0.1) is 0 Å². The van der Waals surface area contributed by atoms with Crippen LogP contribution in [0, 0.1) is 11.8 Å². The Balaban J connectivity index is 1.68. The average Bonchev–Trinajstić information content (AvgIpc) is 2.86. The van der Waals surface area contributed by atoms with Crippen LogP contribution in [0.25, 0.3) is 0 Å². The molecule has 1 aromatic carbocycles. The van der Waals surface area contributed by atoms with E-state index in [1.54, 1.807) is 0 Å². The van der Waals surface area contributed by atoms with E-state index in [9.17, 15) is 5.11 Å². The van der Waals surface area contributed by atoms with E-state index in [2.05, 4.69) is 26.9 Å². The summed E-state index contributed by atoms with van der Waals surface area (Å²) in [5.41, 5.74) is 1.18. The topological polar surface area (TPSA) is 23.5 Å². The Hall–Kier alpha value is -0.0900. The van der Waals surface area contributed by atoms with Gasteiger partial charge < -0.3 is 5.11 Å². The largest absolute Gasteiger partial charge is 0.393 e. The number of aliphatic hydroxyl groups excluding tert-OH is 1. The van der Waals surface area contributed by atoms with E-state index in [-0.39, 0.29) is 6.10 Å². The summed E-state index contributed by atoms with van der Waals surface area (Å²) in [5.74, 6) is 1.17. The summed E-state index contributed by atoms with van der Waals surface area (Å²) in [7, 11) is 0. The minimum absolute atomic E-state index is 0.0830. The summed E-state index contributed by atoms with van der Waals surface area (Å²) in [6, 6.07) is 6.06. The molecule has 18 heavy (non-hydrogen) atoms. The molecule has 1 aliphatic carbocycles. The summed E-state index contributed by atoms with van der Waals surface area (Å²) in [6.07, 6.45) is 2.08. The lowest BCUT2D eigenvalue weighted by atomic mass is 10.00. The number of rotatable bonds is 2. The summed E-state index contributed by atoms with van der Waals surface area (Å²) in [5, 5.41) is 10.7. The number of likely N-dealkylation sites (tertiary alicyclic amines) is 1. The van der Waals surface area contributed by atoms with Gasteiger partial charge in [0.1, 0.15) is 0 Å². The number of nitrogens with zero attached hydrogens (tertiary/aromatic N) is 1. The molecule has 3 rings (SSSR count). The summed E-state index contributed by atoms with van der Waals surface area (Å²) in [6.45, 7) is 3.01. The monoisotopic (exact) mass is 329 g/mol. The first-order valence-corrected chi connectivity index (χ1v) is 7.65. The molecular weight excluding hydrogens is 314 g/mol. The molecule has 98 valence electrons. The Morgan fingerprint density at radius 3 is 2.89 bits per heavy atom. The zero-order valence-electron chi connectivity index (χ0n) is 10.1. The highest BCUT2D eigenvalue weighted by atomic mass is 79.9. The van der Waals surface area contributed by atoms with E-state index < -0.39 is 0 Å². The van der Waals surface area contributed by atoms with Gasteiger partial charge in [0.2, 0.25) is 0 Å². The molecule has 0 spiro atoms. The molecule has 1 aliphatic heterocycles. The Morgan fingerprint density at radius 1 is 1.33 bits per heavy atom. The van der Waals surface area contributed by atoms with Crippen molar-refractivity contribution in [1.29, 1.82) is 0 Å². The summed E-state index contributed by atoms with van der Waals surface area (Å²) in [4.78, 5) is 2.42. The molecule has 4 heteroatoms. The second kappa shape index (κ2) is 5.12. The molecule has 3 atom stereocenters. The fourth-order valence-electron chi connectivity index (χ4n) is 3.35. The van der Waals surface area contributed by atoms with Crippen LogP contribution < -0.4 is 0 Å². The van der Waals surface area contributed by atoms with Crippen LogP contribution in [-0.4, -0.2) is 29.2 Å². The smallest absolute Gasteiger partial charge is 0.0583 e. The first-order valence-electron chi connectivity index (χ1n) is 6.48. The lowest BCUT2D eigenvalue weighted by Crippen LogP contribution is -2.24. The second-order valence-corrected chi connectivity index (χ2v) is 6.82. The van der Waals surface area contributed by atoms with Crippen molar-refractivity contribution in [3.05, 3.63) is 33.3 Å². The molecule has 1 aromatic rings. The normalized spacial score (nSPS) is 31.8. The molecular formula is C14H17BrClNO. The number of hydrogen-bond donors (Lipinski definition) is 1. The van der Waals surface area contributed by atoms with Gasteiger partial charge in [0.05, 0.1) is 6.10 Å². The zero-order chi connectivity index (χ0) is 12.7. The maximum Gasteiger partial charge on any atom is 0.0583 e. The molecule has 2 nitrogen and oxygen atoms in total. The third kappa shape index (κ3) is 2.46. The lowest BCUT2D eigenvalue weighted by molar-refractivity contribution is 0.123. The van der Waals surface area contributed by atoms with Crippen LogP contribution in [-0.2, 0) is 6.54 Å². The highest BCUT2D eigenvalue weighted by molar-refractivity contribution is 9.10. The van der Waals surface area contributed by atoms with Gasteiger partial charge in [0.25, 0.3) is 0 Å². The van der Waals surface area contributed by atoms with Crippen molar-refractivity contribution >= 4 is 27.5 Å². The van der Waals surface area contributed by atoms with Crippen LogP contribution in [0.15, 0.2) is 22.7 Å². The van der Waals surface area contributed by atoms with E-state index in [1.807, 2.05) is 12.1 Å². The minimum atomic E-state index is -0.0830. The van der Waals surface area contributed by atoms with Gasteiger partial charge in [0.15, 0.2) is 0 Å². The van der Waals surface area contributed by atoms with Crippen LogP contribution in [0.5, 0.6) is 0 Å². The van der Waals surface area contributed by atoms with Crippen LogP contribution >= 0.6 is 27.5 Å². The molecule has 1 heterocycles. The van der Waals surface area contributed by atoms with Crippen molar-refractivity contribution in [2.45, 2.75) is 25.5 Å². The minimum Gasteiger partial charge on any atom is -0.393 e. The van der Waals surface area contributed by atoms with E-state index in [0.717, 1.165) is 35.6 Å². The first-order chi connectivity index (χ1) is 8.63. The van der Waals surface area contributed by atoms with Gasteiger partial charge in [-0.05, 0) is 36.5 Å². The van der Waals surface area contributed by atoms with Crippen molar-refractivity contribution in [2.75, 3.05) is 13.1 Å². The lowest BCUT2D eigenvalue weighted by Gasteiger charge is -2.18. The van der Waals surface area contributed by atoms with Crippen molar-refractivity contribution in [2.24, 2.45) is 11.8 Å². The molecule has 0 bridgehead atoms. The third-order valence-corrected chi connectivity index (χ3v) is 5.15. The Morgan fingerprint density at radius 2 is 2.17 bits per heavy atom. The molecule has 2 aliphatic rings. The van der Waals surface area contributed by atoms with Crippen molar-refractivity contribution in [3.8, 4) is 0 Å². The Bertz CT molecular complexity index is 453. The highest BCUT2D eigenvalue weighted by Gasteiger charge is 2.41. The Kier molecular flexibility index (Phi) is 3.68. The number of halogens is 2. The van der Waals surface area contributed by atoms with Crippen LogP contribution in [0.2, 0.25) is 5.02 Å². The molecule has 2 fully saturated rings. The van der Waals surface area contributed by atoms with Crippen LogP contribution in [0.4, 0.5) is 0 Å². The Labute approximate surface area is 121 Å². The van der Waals surface area contributed by atoms with Crippen LogP contribution in [0.1, 0.15) is 18.4 Å².